The van der Waals surface area contributed by atoms with Crippen LogP contribution in [0.25, 0.3) is 22.9 Å². The van der Waals surface area contributed by atoms with Gasteiger partial charge in [-0.1, -0.05) is 18.2 Å². The van der Waals surface area contributed by atoms with E-state index < -0.39 is 5.97 Å². The second-order valence-electron chi connectivity index (χ2n) is 5.05. The summed E-state index contributed by atoms with van der Waals surface area (Å²) in [6.07, 6.45) is 0. The molecule has 0 aliphatic heterocycles. The highest BCUT2D eigenvalue weighted by atomic mass is 16.4. The second kappa shape index (κ2) is 5.44. The zero-order chi connectivity index (χ0) is 15.7. The van der Waals surface area contributed by atoms with Crippen molar-refractivity contribution >= 4 is 5.97 Å². The second-order valence-corrected chi connectivity index (χ2v) is 5.05. The Morgan fingerprint density at radius 3 is 2.55 bits per heavy atom. The van der Waals surface area contributed by atoms with Crippen molar-refractivity contribution < 1.29 is 14.3 Å². The van der Waals surface area contributed by atoms with Crippen molar-refractivity contribution in [2.24, 2.45) is 0 Å². The molecule has 5 heteroatoms. The van der Waals surface area contributed by atoms with Crippen molar-refractivity contribution in [2.45, 2.75) is 13.8 Å². The number of nitrogens with zero attached hydrogens (tertiary/aromatic N) is 2. The fourth-order valence-electron chi connectivity index (χ4n) is 2.22. The number of hydrogen-bond donors (Lipinski definition) is 1. The van der Waals surface area contributed by atoms with Crippen molar-refractivity contribution in [1.82, 2.24) is 10.2 Å². The minimum Gasteiger partial charge on any atom is -0.478 e. The van der Waals surface area contributed by atoms with Gasteiger partial charge in [0, 0.05) is 11.1 Å². The molecule has 22 heavy (non-hydrogen) atoms. The van der Waals surface area contributed by atoms with Crippen LogP contribution in [-0.2, 0) is 0 Å². The number of carboxylic acids is 1. The molecule has 0 fully saturated rings. The Kier molecular flexibility index (Phi) is 3.47. The third-order valence-electron chi connectivity index (χ3n) is 3.62. The fourth-order valence-corrected chi connectivity index (χ4v) is 2.22. The van der Waals surface area contributed by atoms with E-state index in [1.165, 1.54) is 12.1 Å². The highest BCUT2D eigenvalue weighted by Crippen LogP contribution is 2.27. The molecule has 0 saturated carbocycles. The molecule has 2 aromatic carbocycles. The Bertz CT molecular complexity index is 853. The van der Waals surface area contributed by atoms with Crippen LogP contribution in [0.4, 0.5) is 0 Å². The molecule has 1 aromatic heterocycles. The summed E-state index contributed by atoms with van der Waals surface area (Å²) < 4.78 is 5.71. The van der Waals surface area contributed by atoms with Crippen LogP contribution >= 0.6 is 0 Å². The van der Waals surface area contributed by atoms with E-state index in [-0.39, 0.29) is 5.56 Å². The smallest absolute Gasteiger partial charge is 0.335 e. The molecule has 110 valence electrons. The van der Waals surface area contributed by atoms with Crippen LogP contribution in [0.1, 0.15) is 21.5 Å². The Morgan fingerprint density at radius 2 is 1.77 bits per heavy atom. The molecule has 0 aliphatic carbocycles. The van der Waals surface area contributed by atoms with Crippen molar-refractivity contribution in [3.05, 3.63) is 59.2 Å². The van der Waals surface area contributed by atoms with Crippen molar-refractivity contribution in [3.8, 4) is 22.9 Å². The van der Waals surface area contributed by atoms with Gasteiger partial charge in [-0.3, -0.25) is 0 Å². The Balaban J connectivity index is 2.02. The maximum Gasteiger partial charge on any atom is 0.335 e. The predicted octanol–water partition coefficient (Wildman–Crippen LogP) is 3.72. The molecule has 0 radical (unpaired) electrons. The molecule has 0 aliphatic rings. The standard InChI is InChI=1S/C17H14N2O3/c1-10-5-3-8-14(11(10)2)16-19-18-15(22-16)12-6-4-7-13(9-12)17(20)21/h3-9H,1-2H3,(H,20,21). The number of carbonyl (C=O) groups is 1. The minimum absolute atomic E-state index is 0.184. The number of aryl methyl sites for hydroxylation is 1. The number of benzene rings is 2. The quantitative estimate of drug-likeness (QED) is 0.796. The van der Waals surface area contributed by atoms with Crippen molar-refractivity contribution in [3.63, 3.8) is 0 Å². The SMILES string of the molecule is Cc1cccc(-c2nnc(-c3cccc(C(=O)O)c3)o2)c1C. The third-order valence-corrected chi connectivity index (χ3v) is 3.62. The molecule has 3 aromatic rings. The molecule has 0 saturated heterocycles. The Labute approximate surface area is 127 Å². The molecule has 0 bridgehead atoms. The van der Waals surface area contributed by atoms with Crippen LogP contribution in [-0.4, -0.2) is 21.3 Å². The van der Waals surface area contributed by atoms with Gasteiger partial charge < -0.3 is 9.52 Å². The van der Waals surface area contributed by atoms with E-state index in [0.717, 1.165) is 16.7 Å². The van der Waals surface area contributed by atoms with Gasteiger partial charge >= 0.3 is 5.97 Å². The zero-order valence-electron chi connectivity index (χ0n) is 12.2. The van der Waals surface area contributed by atoms with Gasteiger partial charge in [0.25, 0.3) is 0 Å². The monoisotopic (exact) mass is 294 g/mol. The highest BCUT2D eigenvalue weighted by Gasteiger charge is 2.14. The lowest BCUT2D eigenvalue weighted by Crippen LogP contribution is -1.95. The first-order valence-electron chi connectivity index (χ1n) is 6.80. The van der Waals surface area contributed by atoms with Gasteiger partial charge in [0.1, 0.15) is 0 Å². The summed E-state index contributed by atoms with van der Waals surface area (Å²) in [5, 5.41) is 17.1. The average molecular weight is 294 g/mol. The number of rotatable bonds is 3. The Hall–Kier alpha value is -2.95. The average Bonchev–Trinajstić information content (AvgIpc) is 3.00. The van der Waals surface area contributed by atoms with Gasteiger partial charge in [-0.25, -0.2) is 4.79 Å². The van der Waals surface area contributed by atoms with E-state index in [4.69, 9.17) is 9.52 Å². The van der Waals surface area contributed by atoms with Gasteiger partial charge in [0.15, 0.2) is 0 Å². The van der Waals surface area contributed by atoms with Gasteiger partial charge in [-0.15, -0.1) is 10.2 Å². The molecular formula is C17H14N2O3. The van der Waals surface area contributed by atoms with Crippen LogP contribution in [0.2, 0.25) is 0 Å². The lowest BCUT2D eigenvalue weighted by molar-refractivity contribution is 0.0697. The molecule has 0 atom stereocenters. The molecular weight excluding hydrogens is 280 g/mol. The number of aromatic carboxylic acids is 1. The van der Waals surface area contributed by atoms with E-state index in [9.17, 15) is 4.79 Å². The van der Waals surface area contributed by atoms with Crippen LogP contribution in [0.3, 0.4) is 0 Å². The zero-order valence-corrected chi connectivity index (χ0v) is 12.2. The van der Waals surface area contributed by atoms with Gasteiger partial charge in [-0.2, -0.15) is 0 Å². The van der Waals surface area contributed by atoms with Gasteiger partial charge in [0.05, 0.1) is 5.56 Å². The summed E-state index contributed by atoms with van der Waals surface area (Å²) in [7, 11) is 0. The van der Waals surface area contributed by atoms with E-state index in [0.29, 0.717) is 17.3 Å². The van der Waals surface area contributed by atoms with Gasteiger partial charge in [-0.05, 0) is 49.2 Å². The first kappa shape index (κ1) is 14.0. The van der Waals surface area contributed by atoms with E-state index >= 15 is 0 Å². The van der Waals surface area contributed by atoms with E-state index in [1.54, 1.807) is 12.1 Å². The number of hydrogen-bond acceptors (Lipinski definition) is 4. The summed E-state index contributed by atoms with van der Waals surface area (Å²) in [4.78, 5) is 11.0. The molecule has 0 spiro atoms. The summed E-state index contributed by atoms with van der Waals surface area (Å²) >= 11 is 0. The van der Waals surface area contributed by atoms with Crippen LogP contribution in [0.15, 0.2) is 46.9 Å². The topological polar surface area (TPSA) is 76.2 Å². The number of carboxylic acid groups (broad SMARTS) is 1. The van der Waals surface area contributed by atoms with Crippen LogP contribution in [0, 0.1) is 13.8 Å². The molecule has 1 N–H and O–H groups in total. The molecule has 5 nitrogen and oxygen atoms in total. The molecule has 1 heterocycles. The molecule has 0 unspecified atom stereocenters. The summed E-state index contributed by atoms with van der Waals surface area (Å²) in [6, 6.07) is 12.3. The van der Waals surface area contributed by atoms with Crippen LogP contribution in [0.5, 0.6) is 0 Å². The lowest BCUT2D eigenvalue weighted by Gasteiger charge is -2.03. The first-order valence-corrected chi connectivity index (χ1v) is 6.80. The predicted molar refractivity (Wildman–Crippen MR) is 81.6 cm³/mol. The summed E-state index contributed by atoms with van der Waals surface area (Å²) in [6.45, 7) is 4.02. The van der Waals surface area contributed by atoms with Crippen LogP contribution < -0.4 is 0 Å². The lowest BCUT2D eigenvalue weighted by atomic mass is 10.0. The van der Waals surface area contributed by atoms with E-state index in [1.807, 2.05) is 32.0 Å². The maximum absolute atomic E-state index is 11.0. The van der Waals surface area contributed by atoms with Crippen molar-refractivity contribution in [1.29, 1.82) is 0 Å². The highest BCUT2D eigenvalue weighted by molar-refractivity contribution is 5.89. The largest absolute Gasteiger partial charge is 0.478 e. The molecule has 0 amide bonds. The fraction of sp³-hybridized carbons (Fsp3) is 0.118. The Morgan fingerprint density at radius 1 is 1.05 bits per heavy atom. The number of aromatic nitrogens is 2. The molecule has 3 rings (SSSR count). The summed E-state index contributed by atoms with van der Waals surface area (Å²) in [5.74, 6) is -0.257. The maximum atomic E-state index is 11.0. The minimum atomic E-state index is -0.990. The normalized spacial score (nSPS) is 10.6. The van der Waals surface area contributed by atoms with Gasteiger partial charge in [0.2, 0.25) is 11.8 Å². The first-order chi connectivity index (χ1) is 10.6. The summed E-state index contributed by atoms with van der Waals surface area (Å²) in [5.41, 5.74) is 3.88. The van der Waals surface area contributed by atoms with Crippen molar-refractivity contribution in [2.75, 3.05) is 0 Å². The van der Waals surface area contributed by atoms with E-state index in [2.05, 4.69) is 10.2 Å². The third kappa shape index (κ3) is 2.48.